The van der Waals surface area contributed by atoms with Crippen molar-refractivity contribution in [1.82, 2.24) is 20.2 Å². The lowest BCUT2D eigenvalue weighted by molar-refractivity contribution is -0.149. The number of alkyl halides is 3. The molecule has 0 fully saturated rings. The molecule has 1 atom stereocenters. The molecule has 0 unspecified atom stereocenters. The van der Waals surface area contributed by atoms with Gasteiger partial charge in [-0.2, -0.15) is 13.2 Å². The van der Waals surface area contributed by atoms with Gasteiger partial charge in [-0.15, -0.1) is 10.2 Å². The van der Waals surface area contributed by atoms with Crippen LogP contribution in [0.15, 0.2) is 65.2 Å². The number of anilines is 1. The maximum Gasteiger partial charge on any atom is 0.407 e. The molecule has 0 aliphatic carbocycles. The number of benzene rings is 2. The average Bonchev–Trinajstić information content (AvgIpc) is 3.24. The van der Waals surface area contributed by atoms with Gasteiger partial charge in [-0.05, 0) is 17.7 Å². The molecule has 10 heteroatoms. The maximum absolute atomic E-state index is 12.8. The zero-order valence-electron chi connectivity index (χ0n) is 15.3. The molecule has 0 aliphatic heterocycles. The molecule has 0 saturated carbocycles. The van der Waals surface area contributed by atoms with E-state index < -0.39 is 12.2 Å². The molecular weight excluding hydrogens is 397 g/mol. The Balaban J connectivity index is 1.63. The Kier molecular flexibility index (Phi) is 4.92. The summed E-state index contributed by atoms with van der Waals surface area (Å²) in [7, 11) is 0. The van der Waals surface area contributed by atoms with Crippen molar-refractivity contribution in [2.24, 2.45) is 5.73 Å². The lowest BCUT2D eigenvalue weighted by atomic mass is 10.1. The molecule has 7 nitrogen and oxygen atoms in total. The molecule has 0 spiro atoms. The Hall–Kier alpha value is -3.79. The summed E-state index contributed by atoms with van der Waals surface area (Å²) in [6, 6.07) is 12.7. The molecule has 0 amide bonds. The second kappa shape index (κ2) is 7.56. The number of nitrogens with zero attached hydrogens (tertiary/aromatic N) is 4. The summed E-state index contributed by atoms with van der Waals surface area (Å²) in [5.41, 5.74) is 13.1. The topological polar surface area (TPSA) is 117 Å². The highest BCUT2D eigenvalue weighted by Crippen LogP contribution is 2.32. The third kappa shape index (κ3) is 3.85. The molecule has 0 bridgehead atoms. The van der Waals surface area contributed by atoms with Crippen LogP contribution in [0.25, 0.3) is 34.3 Å². The minimum atomic E-state index is -4.53. The second-order valence-corrected chi connectivity index (χ2v) is 6.41. The van der Waals surface area contributed by atoms with Gasteiger partial charge in [0.25, 0.3) is 5.89 Å². The number of hydrogen-bond donors (Lipinski definition) is 2. The van der Waals surface area contributed by atoms with Gasteiger partial charge in [0.1, 0.15) is 6.04 Å². The van der Waals surface area contributed by atoms with Gasteiger partial charge in [0.2, 0.25) is 5.89 Å². The van der Waals surface area contributed by atoms with Crippen LogP contribution in [0.3, 0.4) is 0 Å². The van der Waals surface area contributed by atoms with E-state index in [0.29, 0.717) is 11.3 Å². The van der Waals surface area contributed by atoms with Gasteiger partial charge in [-0.25, -0.2) is 9.97 Å². The van der Waals surface area contributed by atoms with E-state index in [-0.39, 0.29) is 28.9 Å². The maximum atomic E-state index is 12.8. The molecule has 152 valence electrons. The molecule has 0 aliphatic rings. The van der Waals surface area contributed by atoms with E-state index in [2.05, 4.69) is 20.2 Å². The highest BCUT2D eigenvalue weighted by Gasteiger charge is 2.37. The fourth-order valence-electron chi connectivity index (χ4n) is 2.76. The fraction of sp³-hybridized carbons (Fsp3) is 0.100. The van der Waals surface area contributed by atoms with Gasteiger partial charge in [-0.3, -0.25) is 0 Å². The molecule has 2 aromatic heterocycles. The molecule has 0 radical (unpaired) electrons. The predicted octanol–water partition coefficient (Wildman–Crippen LogP) is 4.00. The fourth-order valence-corrected chi connectivity index (χ4v) is 2.76. The molecular formula is C20H15F3N6O. The van der Waals surface area contributed by atoms with Gasteiger partial charge in [-0.1, -0.05) is 42.5 Å². The smallest absolute Gasteiger partial charge is 0.407 e. The first-order valence-corrected chi connectivity index (χ1v) is 8.77. The number of nitrogen functional groups attached to an aromatic ring is 1. The van der Waals surface area contributed by atoms with E-state index in [1.54, 1.807) is 0 Å². The second-order valence-electron chi connectivity index (χ2n) is 6.41. The predicted molar refractivity (Wildman–Crippen MR) is 104 cm³/mol. The summed E-state index contributed by atoms with van der Waals surface area (Å²) in [6.07, 6.45) is -2.99. The summed E-state index contributed by atoms with van der Waals surface area (Å²) < 4.78 is 43.9. The lowest BCUT2D eigenvalue weighted by Gasteiger charge is -2.15. The summed E-state index contributed by atoms with van der Waals surface area (Å²) in [5.74, 6) is 0.253. The minimum absolute atomic E-state index is 0.0452. The van der Waals surface area contributed by atoms with Crippen LogP contribution in [0.2, 0.25) is 0 Å². The van der Waals surface area contributed by atoms with Crippen molar-refractivity contribution in [3.8, 4) is 34.3 Å². The first-order valence-electron chi connectivity index (χ1n) is 8.77. The largest absolute Gasteiger partial charge is 0.414 e. The summed E-state index contributed by atoms with van der Waals surface area (Å²) in [4.78, 5) is 8.59. The van der Waals surface area contributed by atoms with E-state index in [9.17, 15) is 13.2 Å². The van der Waals surface area contributed by atoms with Crippen molar-refractivity contribution in [3.63, 3.8) is 0 Å². The summed E-state index contributed by atoms with van der Waals surface area (Å²) >= 11 is 0. The Morgan fingerprint density at radius 1 is 0.867 bits per heavy atom. The molecule has 4 N–H and O–H groups in total. The zero-order chi connectivity index (χ0) is 21.3. The van der Waals surface area contributed by atoms with Crippen molar-refractivity contribution < 1.29 is 17.6 Å². The van der Waals surface area contributed by atoms with E-state index in [1.807, 2.05) is 30.3 Å². The van der Waals surface area contributed by atoms with Crippen LogP contribution in [-0.2, 0) is 0 Å². The van der Waals surface area contributed by atoms with Gasteiger partial charge in [0, 0.05) is 11.1 Å². The number of rotatable bonds is 4. The number of nitrogens with two attached hydrogens (primary N) is 2. The monoisotopic (exact) mass is 412 g/mol. The zero-order valence-corrected chi connectivity index (χ0v) is 15.3. The summed E-state index contributed by atoms with van der Waals surface area (Å²) in [5, 5.41) is 7.89. The number of halogens is 3. The molecule has 2 aromatic carbocycles. The summed E-state index contributed by atoms with van der Waals surface area (Å²) in [6.45, 7) is 0. The molecule has 0 saturated heterocycles. The van der Waals surface area contributed by atoms with E-state index in [0.717, 1.165) is 5.56 Å². The van der Waals surface area contributed by atoms with Crippen molar-refractivity contribution in [2.45, 2.75) is 12.2 Å². The number of hydrogen-bond acceptors (Lipinski definition) is 7. The van der Waals surface area contributed by atoms with Crippen molar-refractivity contribution >= 4 is 5.82 Å². The normalized spacial score (nSPS) is 12.7. The van der Waals surface area contributed by atoms with Crippen LogP contribution in [0.5, 0.6) is 0 Å². The van der Waals surface area contributed by atoms with E-state index in [1.165, 1.54) is 30.5 Å². The Labute approximate surface area is 168 Å². The third-order valence-electron chi connectivity index (χ3n) is 4.37. The van der Waals surface area contributed by atoms with Crippen LogP contribution in [-0.4, -0.2) is 26.3 Å². The first kappa shape index (κ1) is 19.5. The van der Waals surface area contributed by atoms with Crippen molar-refractivity contribution in [3.05, 3.63) is 66.4 Å². The first-order chi connectivity index (χ1) is 14.3. The van der Waals surface area contributed by atoms with Gasteiger partial charge >= 0.3 is 6.18 Å². The quantitative estimate of drug-likeness (QED) is 0.520. The van der Waals surface area contributed by atoms with Crippen molar-refractivity contribution in [2.75, 3.05) is 5.73 Å². The van der Waals surface area contributed by atoms with Gasteiger partial charge in [0.05, 0.1) is 11.9 Å². The lowest BCUT2D eigenvalue weighted by Crippen LogP contribution is -2.28. The minimum Gasteiger partial charge on any atom is -0.414 e. The third-order valence-corrected chi connectivity index (χ3v) is 4.37. The average molecular weight is 412 g/mol. The molecule has 30 heavy (non-hydrogen) atoms. The Bertz CT molecular complexity index is 1160. The molecule has 2 heterocycles. The standard InChI is InChI=1S/C20H15F3N6O/c21-20(22,23)16(24)12-6-8-13(9-7-12)18-28-29-19(30-18)15-17(25)26-10-14(27-15)11-4-2-1-3-5-11/h1-10,16H,24H2,(H2,25,26)/t16-/m1/s1. The Morgan fingerprint density at radius 2 is 1.53 bits per heavy atom. The van der Waals surface area contributed by atoms with Gasteiger partial charge < -0.3 is 15.9 Å². The van der Waals surface area contributed by atoms with Crippen LogP contribution >= 0.6 is 0 Å². The highest BCUT2D eigenvalue weighted by atomic mass is 19.4. The van der Waals surface area contributed by atoms with Crippen LogP contribution in [0.1, 0.15) is 11.6 Å². The van der Waals surface area contributed by atoms with Crippen molar-refractivity contribution in [1.29, 1.82) is 0 Å². The van der Waals surface area contributed by atoms with Crippen LogP contribution < -0.4 is 11.5 Å². The Morgan fingerprint density at radius 3 is 2.20 bits per heavy atom. The highest BCUT2D eigenvalue weighted by molar-refractivity contribution is 5.68. The molecule has 4 aromatic rings. The van der Waals surface area contributed by atoms with Gasteiger partial charge in [0.15, 0.2) is 11.5 Å². The van der Waals surface area contributed by atoms with E-state index in [4.69, 9.17) is 15.9 Å². The number of aromatic nitrogens is 4. The SMILES string of the molecule is Nc1ncc(-c2ccccc2)nc1-c1nnc(-c2ccc([C@@H](N)C(F)(F)F)cc2)o1. The van der Waals surface area contributed by atoms with E-state index >= 15 is 0 Å². The van der Waals surface area contributed by atoms with Crippen LogP contribution in [0.4, 0.5) is 19.0 Å². The molecule has 4 rings (SSSR count). The van der Waals surface area contributed by atoms with Crippen LogP contribution in [0, 0.1) is 0 Å².